The Labute approximate surface area is 123 Å². The average Bonchev–Trinajstić information content (AvgIpc) is 2.66. The third kappa shape index (κ3) is 3.76. The molecule has 0 bridgehead atoms. The van der Waals surface area contributed by atoms with Crippen molar-refractivity contribution in [1.82, 2.24) is 9.61 Å². The fraction of sp³-hybridized carbons (Fsp3) is 0.500. The van der Waals surface area contributed by atoms with Gasteiger partial charge in [0.1, 0.15) is 0 Å². The van der Waals surface area contributed by atoms with Crippen molar-refractivity contribution in [3.05, 3.63) is 29.6 Å². The van der Waals surface area contributed by atoms with Crippen LogP contribution in [-0.2, 0) is 0 Å². The molecule has 0 radical (unpaired) electrons. The van der Waals surface area contributed by atoms with Gasteiger partial charge in [0.05, 0.1) is 0 Å². The molecule has 112 valence electrons. The molecule has 20 heavy (non-hydrogen) atoms. The Morgan fingerprint density at radius 2 is 1.80 bits per heavy atom. The van der Waals surface area contributed by atoms with Gasteiger partial charge in [0, 0.05) is 0 Å². The molecule has 0 spiro atoms. The summed E-state index contributed by atoms with van der Waals surface area (Å²) in [5.41, 5.74) is 1.98. The Morgan fingerprint density at radius 1 is 1.20 bits per heavy atom. The molecule has 0 fully saturated rings. The molecule has 2 rings (SSSR count). The first kappa shape index (κ1) is 17.1. The van der Waals surface area contributed by atoms with E-state index >= 15 is 0 Å². The number of fused-ring (bicyclic) bond motifs is 1. The molecule has 0 saturated carbocycles. The van der Waals surface area contributed by atoms with Gasteiger partial charge in [-0.2, -0.15) is 0 Å². The van der Waals surface area contributed by atoms with Crippen molar-refractivity contribution in [2.45, 2.75) is 45.6 Å². The maximum atomic E-state index is 12.6. The van der Waals surface area contributed by atoms with Crippen LogP contribution in [0.4, 0.5) is 13.2 Å². The molecule has 0 aliphatic heterocycles. The predicted octanol–water partition coefficient (Wildman–Crippen LogP) is 3.64. The van der Waals surface area contributed by atoms with Crippen molar-refractivity contribution in [3.8, 4) is 0 Å². The molecular formula is C14H19F3N2Se. The topological polar surface area (TPSA) is 17.3 Å². The number of alkyl halides is 3. The second-order valence-electron chi connectivity index (χ2n) is 4.36. The van der Waals surface area contributed by atoms with Gasteiger partial charge in [-0.25, -0.2) is 0 Å². The Kier molecular flexibility index (Phi) is 5.66. The number of halogens is 3. The number of nitrogens with zero attached hydrogens (tertiary/aromatic N) is 2. The van der Waals surface area contributed by atoms with Gasteiger partial charge in [-0.1, -0.05) is 13.8 Å². The van der Waals surface area contributed by atoms with Crippen LogP contribution in [0.5, 0.6) is 0 Å². The maximum absolute atomic E-state index is 12.6. The van der Waals surface area contributed by atoms with E-state index in [0.29, 0.717) is 15.7 Å². The van der Waals surface area contributed by atoms with Crippen LogP contribution in [0, 0.1) is 6.92 Å². The van der Waals surface area contributed by atoms with Crippen molar-refractivity contribution >= 4 is 24.9 Å². The van der Waals surface area contributed by atoms with Crippen LogP contribution >= 0.6 is 0 Å². The second-order valence-corrected chi connectivity index (χ2v) is 6.62. The van der Waals surface area contributed by atoms with Crippen LogP contribution in [-0.4, -0.2) is 29.6 Å². The summed E-state index contributed by atoms with van der Waals surface area (Å²) in [6.45, 7) is 9.64. The fourth-order valence-corrected chi connectivity index (χ4v) is 3.29. The van der Waals surface area contributed by atoms with Crippen molar-refractivity contribution < 1.29 is 13.2 Å². The number of rotatable bonds is 2. The molecule has 0 saturated heterocycles. The van der Waals surface area contributed by atoms with Crippen LogP contribution in [0.2, 0.25) is 0 Å². The van der Waals surface area contributed by atoms with E-state index in [-0.39, 0.29) is 5.92 Å². The first-order valence-electron chi connectivity index (χ1n) is 6.53. The number of pyridine rings is 1. The first-order chi connectivity index (χ1) is 9.29. The number of hydrogen-bond acceptors (Lipinski definition) is 1. The standard InChI is InChI=1S/C12H13F3N2Se.C2H6/c1-7(2)9-5-4-6-10-11(18-12(13,14)15)8(3)16-17(9)10;1-2/h4-7H,1-3H3;1-2H3. The van der Waals surface area contributed by atoms with Gasteiger partial charge in [0.25, 0.3) is 0 Å². The van der Waals surface area contributed by atoms with Gasteiger partial charge in [0.15, 0.2) is 0 Å². The van der Waals surface area contributed by atoms with Gasteiger partial charge in [-0.3, -0.25) is 0 Å². The molecule has 0 amide bonds. The summed E-state index contributed by atoms with van der Waals surface area (Å²) < 4.78 is 39.7. The van der Waals surface area contributed by atoms with Gasteiger partial charge in [-0.05, 0) is 0 Å². The summed E-state index contributed by atoms with van der Waals surface area (Å²) in [5, 5.41) is 0.107. The Morgan fingerprint density at radius 3 is 2.30 bits per heavy atom. The monoisotopic (exact) mass is 352 g/mol. The van der Waals surface area contributed by atoms with Gasteiger partial charge >= 0.3 is 109 Å². The molecular weight excluding hydrogens is 332 g/mol. The molecule has 0 unspecified atom stereocenters. The van der Waals surface area contributed by atoms with Crippen molar-refractivity contribution in [2.24, 2.45) is 0 Å². The quantitative estimate of drug-likeness (QED) is 0.755. The van der Waals surface area contributed by atoms with Gasteiger partial charge in [0.2, 0.25) is 0 Å². The normalized spacial score (nSPS) is 11.7. The summed E-state index contributed by atoms with van der Waals surface area (Å²) >= 11 is -1.55. The van der Waals surface area contributed by atoms with E-state index in [9.17, 15) is 13.2 Å². The zero-order valence-electron chi connectivity index (χ0n) is 12.2. The average molecular weight is 351 g/mol. The molecule has 2 aromatic heterocycles. The molecule has 6 heteroatoms. The zero-order chi connectivity index (χ0) is 15.5. The van der Waals surface area contributed by atoms with Crippen LogP contribution < -0.4 is 4.46 Å². The minimum atomic E-state index is -4.14. The molecule has 0 aliphatic carbocycles. The van der Waals surface area contributed by atoms with E-state index in [2.05, 4.69) is 5.10 Å². The van der Waals surface area contributed by atoms with E-state index in [0.717, 1.165) is 5.69 Å². The van der Waals surface area contributed by atoms with Crippen LogP contribution in [0.3, 0.4) is 0 Å². The molecule has 2 heterocycles. The van der Waals surface area contributed by atoms with Crippen molar-refractivity contribution in [2.75, 3.05) is 0 Å². The van der Waals surface area contributed by atoms with E-state index in [1.807, 2.05) is 33.8 Å². The summed E-state index contributed by atoms with van der Waals surface area (Å²) in [7, 11) is 0. The summed E-state index contributed by atoms with van der Waals surface area (Å²) in [5.74, 6) is 0.222. The van der Waals surface area contributed by atoms with Crippen molar-refractivity contribution in [3.63, 3.8) is 0 Å². The van der Waals surface area contributed by atoms with E-state index in [4.69, 9.17) is 0 Å². The van der Waals surface area contributed by atoms with E-state index < -0.39 is 20.0 Å². The summed E-state index contributed by atoms with van der Waals surface area (Å²) in [6.07, 6.45) is 0. The summed E-state index contributed by atoms with van der Waals surface area (Å²) in [4.78, 5) is 0. The summed E-state index contributed by atoms with van der Waals surface area (Å²) in [6, 6.07) is 5.39. The Hall–Kier alpha value is -1.00. The van der Waals surface area contributed by atoms with Gasteiger partial charge < -0.3 is 0 Å². The number of aromatic nitrogens is 2. The number of aryl methyl sites for hydroxylation is 1. The SMILES string of the molecule is CC.Cc1nn2c(C(C)C)cccc2c1[Se]C(F)(F)F. The third-order valence-corrected chi connectivity index (χ3v) is 4.59. The molecule has 2 aromatic rings. The molecule has 0 atom stereocenters. The van der Waals surface area contributed by atoms with Crippen LogP contribution in [0.25, 0.3) is 5.52 Å². The molecule has 0 aromatic carbocycles. The third-order valence-electron chi connectivity index (χ3n) is 2.61. The first-order valence-corrected chi connectivity index (χ1v) is 8.25. The minimum absolute atomic E-state index is 0.222. The van der Waals surface area contributed by atoms with Crippen LogP contribution in [0.15, 0.2) is 18.2 Å². The van der Waals surface area contributed by atoms with Crippen LogP contribution in [0.1, 0.15) is 45.0 Å². The Balaban J connectivity index is 0.000000956. The van der Waals surface area contributed by atoms with E-state index in [1.54, 1.807) is 23.6 Å². The molecule has 0 N–H and O–H groups in total. The van der Waals surface area contributed by atoms with Crippen molar-refractivity contribution in [1.29, 1.82) is 0 Å². The Bertz CT molecular complexity index is 574. The molecule has 2 nitrogen and oxygen atoms in total. The second kappa shape index (κ2) is 6.63. The van der Waals surface area contributed by atoms with E-state index in [1.165, 1.54) is 0 Å². The predicted molar refractivity (Wildman–Crippen MR) is 76.8 cm³/mol. The fourth-order valence-electron chi connectivity index (χ4n) is 1.86. The number of hydrogen-bond donors (Lipinski definition) is 0. The molecule has 0 aliphatic rings. The zero-order valence-corrected chi connectivity index (χ0v) is 14.0. The van der Waals surface area contributed by atoms with Gasteiger partial charge in [-0.15, -0.1) is 0 Å².